The highest BCUT2D eigenvalue weighted by atomic mass is 16.6. The van der Waals surface area contributed by atoms with E-state index in [9.17, 15) is 19.2 Å². The standard InChI is InChI=1S/C28H42N6O5/c1-28(2,3)39-27(38)33-18-16-32(17-19-33)15-8-6-5-7-14-29-20-10-9-11-21-24(20)31(4)26(37)34(21)22-12-13-23(35)30-25(22)36/h9-11,22,29H,5-8,12-19H2,1-4H3,(H,30,35,36). The number of imidazole rings is 1. The van der Waals surface area contributed by atoms with E-state index in [1.807, 2.05) is 39.0 Å². The topological polar surface area (TPSA) is 118 Å². The van der Waals surface area contributed by atoms with E-state index in [2.05, 4.69) is 15.5 Å². The number of rotatable bonds is 9. The second-order valence-corrected chi connectivity index (χ2v) is 11.5. The lowest BCUT2D eigenvalue weighted by Crippen LogP contribution is -2.50. The maximum atomic E-state index is 13.1. The normalized spacial score (nSPS) is 18.9. The minimum absolute atomic E-state index is 0.222. The molecular formula is C28H42N6O5. The fourth-order valence-corrected chi connectivity index (χ4v) is 5.33. The second kappa shape index (κ2) is 12.2. The third kappa shape index (κ3) is 7.00. The summed E-state index contributed by atoms with van der Waals surface area (Å²) in [4.78, 5) is 53.5. The van der Waals surface area contributed by atoms with Crippen molar-refractivity contribution in [2.75, 3.05) is 44.6 Å². The number of benzene rings is 1. The van der Waals surface area contributed by atoms with E-state index in [-0.39, 0.29) is 24.1 Å². The van der Waals surface area contributed by atoms with Crippen molar-refractivity contribution in [2.45, 2.75) is 70.9 Å². The molecule has 11 heteroatoms. The fraction of sp³-hybridized carbons (Fsp3) is 0.643. The number of aryl methyl sites for hydroxylation is 1. The quantitative estimate of drug-likeness (QED) is 0.370. The van der Waals surface area contributed by atoms with E-state index in [1.165, 1.54) is 4.57 Å². The summed E-state index contributed by atoms with van der Waals surface area (Å²) in [6.07, 6.45) is 4.66. The predicted octanol–water partition coefficient (Wildman–Crippen LogP) is 2.84. The zero-order valence-corrected chi connectivity index (χ0v) is 23.6. The Morgan fingerprint density at radius 1 is 1.05 bits per heavy atom. The van der Waals surface area contributed by atoms with Crippen LogP contribution in [-0.4, -0.2) is 81.7 Å². The molecule has 0 spiro atoms. The number of nitrogens with zero attached hydrogens (tertiary/aromatic N) is 4. The van der Waals surface area contributed by atoms with Crippen LogP contribution in [0.25, 0.3) is 11.0 Å². The fourth-order valence-electron chi connectivity index (χ4n) is 5.33. The molecule has 3 heterocycles. The lowest BCUT2D eigenvalue weighted by Gasteiger charge is -2.35. The van der Waals surface area contributed by atoms with Gasteiger partial charge < -0.3 is 15.0 Å². The number of anilines is 1. The minimum Gasteiger partial charge on any atom is -0.444 e. The number of ether oxygens (including phenoxy) is 1. The number of piperazine rings is 1. The average Bonchev–Trinajstić information content (AvgIpc) is 3.13. The van der Waals surface area contributed by atoms with Gasteiger partial charge in [0.05, 0.1) is 16.7 Å². The molecule has 1 unspecified atom stereocenters. The number of imide groups is 1. The molecule has 0 bridgehead atoms. The molecule has 3 amide bonds. The molecule has 2 aliphatic heterocycles. The summed E-state index contributed by atoms with van der Waals surface area (Å²) in [5.41, 5.74) is 1.58. The number of para-hydroxylation sites is 1. The summed E-state index contributed by atoms with van der Waals surface area (Å²) in [7, 11) is 1.71. The highest BCUT2D eigenvalue weighted by molar-refractivity contribution is 6.00. The summed E-state index contributed by atoms with van der Waals surface area (Å²) in [6, 6.07) is 5.00. The Balaban J connectivity index is 1.20. The maximum Gasteiger partial charge on any atom is 0.410 e. The number of nitrogens with one attached hydrogen (secondary N) is 2. The van der Waals surface area contributed by atoms with Gasteiger partial charge in [0.2, 0.25) is 11.8 Å². The number of unbranched alkanes of at least 4 members (excludes halogenated alkanes) is 3. The summed E-state index contributed by atoms with van der Waals surface area (Å²) in [5, 5.41) is 5.83. The Kier molecular flexibility index (Phi) is 8.99. The molecule has 39 heavy (non-hydrogen) atoms. The Morgan fingerprint density at radius 3 is 2.46 bits per heavy atom. The number of carbonyl (C=O) groups excluding carboxylic acids is 3. The van der Waals surface area contributed by atoms with Crippen molar-refractivity contribution in [1.29, 1.82) is 0 Å². The molecule has 4 rings (SSSR count). The second-order valence-electron chi connectivity index (χ2n) is 11.5. The van der Waals surface area contributed by atoms with Gasteiger partial charge in [-0.3, -0.25) is 28.9 Å². The van der Waals surface area contributed by atoms with Gasteiger partial charge in [-0.2, -0.15) is 0 Å². The van der Waals surface area contributed by atoms with Crippen LogP contribution in [0, 0.1) is 0 Å². The third-order valence-corrected chi connectivity index (χ3v) is 7.37. The summed E-state index contributed by atoms with van der Waals surface area (Å²) in [5.74, 6) is -0.725. The van der Waals surface area contributed by atoms with E-state index in [4.69, 9.17) is 4.74 Å². The van der Waals surface area contributed by atoms with Gasteiger partial charge in [0.15, 0.2) is 0 Å². The predicted molar refractivity (Wildman–Crippen MR) is 150 cm³/mol. The van der Waals surface area contributed by atoms with Crippen molar-refractivity contribution in [3.63, 3.8) is 0 Å². The Bertz CT molecular complexity index is 1250. The zero-order valence-electron chi connectivity index (χ0n) is 23.6. The van der Waals surface area contributed by atoms with Gasteiger partial charge in [-0.05, 0) is 58.7 Å². The van der Waals surface area contributed by atoms with Crippen LogP contribution in [0.2, 0.25) is 0 Å². The van der Waals surface area contributed by atoms with Crippen molar-refractivity contribution < 1.29 is 19.1 Å². The maximum absolute atomic E-state index is 13.1. The van der Waals surface area contributed by atoms with Gasteiger partial charge in [-0.15, -0.1) is 0 Å². The van der Waals surface area contributed by atoms with Crippen molar-refractivity contribution >= 4 is 34.6 Å². The minimum atomic E-state index is -0.686. The smallest absolute Gasteiger partial charge is 0.410 e. The molecule has 1 aromatic carbocycles. The van der Waals surface area contributed by atoms with Crippen LogP contribution >= 0.6 is 0 Å². The van der Waals surface area contributed by atoms with E-state index >= 15 is 0 Å². The Labute approximate surface area is 229 Å². The molecule has 0 saturated carbocycles. The molecule has 2 aliphatic rings. The van der Waals surface area contributed by atoms with Crippen LogP contribution in [0.3, 0.4) is 0 Å². The Hall–Kier alpha value is -3.34. The molecule has 2 fully saturated rings. The third-order valence-electron chi connectivity index (χ3n) is 7.37. The SMILES string of the molecule is Cn1c(=O)n(C2CCC(=O)NC2=O)c2cccc(NCCCCCCN3CCN(C(=O)OC(C)(C)C)CC3)c21. The highest BCUT2D eigenvalue weighted by Gasteiger charge is 2.31. The highest BCUT2D eigenvalue weighted by Crippen LogP contribution is 2.27. The van der Waals surface area contributed by atoms with E-state index in [1.54, 1.807) is 16.5 Å². The number of piperidine rings is 1. The summed E-state index contributed by atoms with van der Waals surface area (Å²) in [6.45, 7) is 10.6. The molecule has 0 aliphatic carbocycles. The van der Waals surface area contributed by atoms with E-state index in [0.29, 0.717) is 25.0 Å². The number of fused-ring (bicyclic) bond motifs is 1. The van der Waals surface area contributed by atoms with E-state index < -0.39 is 17.6 Å². The van der Waals surface area contributed by atoms with Crippen LogP contribution < -0.4 is 16.3 Å². The van der Waals surface area contributed by atoms with Crippen LogP contribution in [0.1, 0.15) is 65.3 Å². The van der Waals surface area contributed by atoms with Crippen LogP contribution in [0.5, 0.6) is 0 Å². The molecule has 214 valence electrons. The van der Waals surface area contributed by atoms with Crippen molar-refractivity contribution in [3.05, 3.63) is 28.7 Å². The number of hydrogen-bond donors (Lipinski definition) is 2. The molecule has 1 atom stereocenters. The van der Waals surface area contributed by atoms with Crippen LogP contribution in [-0.2, 0) is 21.4 Å². The van der Waals surface area contributed by atoms with Crippen LogP contribution in [0.15, 0.2) is 23.0 Å². The van der Waals surface area contributed by atoms with Crippen molar-refractivity contribution in [1.82, 2.24) is 24.3 Å². The number of carbonyl (C=O) groups is 3. The van der Waals surface area contributed by atoms with Crippen molar-refractivity contribution in [2.24, 2.45) is 7.05 Å². The molecule has 1 aromatic heterocycles. The zero-order chi connectivity index (χ0) is 28.2. The summed E-state index contributed by atoms with van der Waals surface area (Å²) < 4.78 is 8.55. The first-order chi connectivity index (χ1) is 18.5. The lowest BCUT2D eigenvalue weighted by atomic mass is 10.1. The summed E-state index contributed by atoms with van der Waals surface area (Å²) >= 11 is 0. The van der Waals surface area contributed by atoms with Gasteiger partial charge in [-0.25, -0.2) is 9.59 Å². The number of aromatic nitrogens is 2. The van der Waals surface area contributed by atoms with Crippen LogP contribution in [0.4, 0.5) is 10.5 Å². The lowest BCUT2D eigenvalue weighted by molar-refractivity contribution is -0.135. The molecule has 0 radical (unpaired) electrons. The molecule has 2 saturated heterocycles. The first-order valence-electron chi connectivity index (χ1n) is 14.0. The van der Waals surface area contributed by atoms with Gasteiger partial charge >= 0.3 is 11.8 Å². The average molecular weight is 543 g/mol. The largest absolute Gasteiger partial charge is 0.444 e. The van der Waals surface area contributed by atoms with E-state index in [0.717, 1.165) is 63.1 Å². The monoisotopic (exact) mass is 542 g/mol. The van der Waals surface area contributed by atoms with Gasteiger partial charge in [0.25, 0.3) is 0 Å². The van der Waals surface area contributed by atoms with Crippen molar-refractivity contribution in [3.8, 4) is 0 Å². The van der Waals surface area contributed by atoms with Gasteiger partial charge in [-0.1, -0.05) is 18.9 Å². The molecule has 2 N–H and O–H groups in total. The molecule has 2 aromatic rings. The number of amides is 3. The first-order valence-corrected chi connectivity index (χ1v) is 14.0. The Morgan fingerprint density at radius 2 is 1.77 bits per heavy atom. The number of hydrogen-bond acceptors (Lipinski definition) is 7. The van der Waals surface area contributed by atoms with Gasteiger partial charge in [0.1, 0.15) is 11.6 Å². The first kappa shape index (κ1) is 28.7. The molecular weight excluding hydrogens is 500 g/mol. The van der Waals surface area contributed by atoms with Gasteiger partial charge in [0, 0.05) is 46.2 Å². The molecule has 11 nitrogen and oxygen atoms in total.